The van der Waals surface area contributed by atoms with Crippen molar-refractivity contribution < 1.29 is 9.53 Å². The summed E-state index contributed by atoms with van der Waals surface area (Å²) in [6, 6.07) is 17.6. The van der Waals surface area contributed by atoms with E-state index in [9.17, 15) is 10.1 Å². The van der Waals surface area contributed by atoms with Gasteiger partial charge in [0, 0.05) is 22.7 Å². The predicted molar refractivity (Wildman–Crippen MR) is 108 cm³/mol. The Labute approximate surface area is 161 Å². The van der Waals surface area contributed by atoms with Gasteiger partial charge in [0.2, 0.25) is 0 Å². The third kappa shape index (κ3) is 3.26. The second kappa shape index (κ2) is 7.41. The Balaban J connectivity index is 1.79. The highest BCUT2D eigenvalue weighted by Gasteiger charge is 2.13. The average molecular weight is 370 g/mol. The van der Waals surface area contributed by atoms with E-state index in [2.05, 4.69) is 16.0 Å². The predicted octanol–water partition coefficient (Wildman–Crippen LogP) is 4.14. The van der Waals surface area contributed by atoms with Crippen LogP contribution in [0.2, 0.25) is 0 Å². The summed E-state index contributed by atoms with van der Waals surface area (Å²) in [5.74, 6) is 0.225. The van der Waals surface area contributed by atoms with Crippen LogP contribution in [0.1, 0.15) is 18.3 Å². The molecule has 4 rings (SSSR count). The number of H-pyrrole nitrogens is 1. The first-order valence-corrected chi connectivity index (χ1v) is 9.00. The lowest BCUT2D eigenvalue weighted by atomic mass is 10.1. The number of rotatable bonds is 5. The molecular weight excluding hydrogens is 352 g/mol. The molecule has 6 heteroatoms. The van der Waals surface area contributed by atoms with Crippen LogP contribution < -0.4 is 0 Å². The van der Waals surface area contributed by atoms with Gasteiger partial charge in [-0.05, 0) is 31.2 Å². The van der Waals surface area contributed by atoms with Crippen LogP contribution in [0, 0.1) is 11.3 Å². The zero-order valence-corrected chi connectivity index (χ0v) is 15.3. The van der Waals surface area contributed by atoms with Gasteiger partial charge in [-0.25, -0.2) is 4.98 Å². The van der Waals surface area contributed by atoms with Crippen molar-refractivity contribution in [1.29, 1.82) is 5.26 Å². The monoisotopic (exact) mass is 370 g/mol. The summed E-state index contributed by atoms with van der Waals surface area (Å²) in [7, 11) is 0. The molecule has 0 aliphatic heterocycles. The minimum Gasteiger partial charge on any atom is -0.465 e. The van der Waals surface area contributed by atoms with Crippen molar-refractivity contribution in [3.8, 4) is 6.07 Å². The number of hydrogen-bond acceptors (Lipinski definition) is 4. The van der Waals surface area contributed by atoms with Crippen molar-refractivity contribution in [2.45, 2.75) is 13.5 Å². The molecule has 0 spiro atoms. The molecule has 0 aliphatic carbocycles. The largest absolute Gasteiger partial charge is 0.465 e. The fourth-order valence-electron chi connectivity index (χ4n) is 3.26. The number of nitrogens with one attached hydrogen (secondary N) is 1. The van der Waals surface area contributed by atoms with E-state index in [1.165, 1.54) is 0 Å². The number of nitrogens with zero attached hydrogens (tertiary/aromatic N) is 3. The number of para-hydroxylation sites is 3. The maximum atomic E-state index is 11.9. The zero-order chi connectivity index (χ0) is 19.5. The fourth-order valence-corrected chi connectivity index (χ4v) is 3.26. The maximum Gasteiger partial charge on any atom is 0.325 e. The molecule has 2 aromatic carbocycles. The van der Waals surface area contributed by atoms with E-state index in [-0.39, 0.29) is 12.5 Å². The van der Waals surface area contributed by atoms with Gasteiger partial charge in [-0.2, -0.15) is 5.26 Å². The molecule has 138 valence electrons. The van der Waals surface area contributed by atoms with Crippen molar-refractivity contribution in [2.75, 3.05) is 6.61 Å². The zero-order valence-electron chi connectivity index (χ0n) is 15.3. The first-order chi connectivity index (χ1) is 13.7. The fraction of sp³-hybridized carbons (Fsp3) is 0.136. The number of allylic oxidation sites excluding steroid dienone is 1. The van der Waals surface area contributed by atoms with Crippen LogP contribution in [0.4, 0.5) is 0 Å². The molecule has 0 radical (unpaired) electrons. The highest BCUT2D eigenvalue weighted by atomic mass is 16.5. The normalized spacial score (nSPS) is 11.6. The molecule has 0 saturated carbocycles. The quantitative estimate of drug-likeness (QED) is 0.423. The number of carbonyl (C=O) groups excluding carboxylic acids is 1. The van der Waals surface area contributed by atoms with Gasteiger partial charge in [0.25, 0.3) is 0 Å². The number of imidazole rings is 1. The Hall–Kier alpha value is -3.85. The van der Waals surface area contributed by atoms with Crippen molar-refractivity contribution in [3.63, 3.8) is 0 Å². The van der Waals surface area contributed by atoms with Crippen molar-refractivity contribution in [2.24, 2.45) is 0 Å². The second-order valence-corrected chi connectivity index (χ2v) is 6.31. The Morgan fingerprint density at radius 3 is 2.82 bits per heavy atom. The van der Waals surface area contributed by atoms with Gasteiger partial charge in [-0.1, -0.05) is 30.3 Å². The Morgan fingerprint density at radius 2 is 2.04 bits per heavy atom. The molecule has 0 atom stereocenters. The van der Waals surface area contributed by atoms with Crippen molar-refractivity contribution >= 4 is 39.6 Å². The van der Waals surface area contributed by atoms with E-state index in [0.29, 0.717) is 18.0 Å². The van der Waals surface area contributed by atoms with Crippen LogP contribution in [0.5, 0.6) is 0 Å². The summed E-state index contributed by atoms with van der Waals surface area (Å²) in [5.41, 5.74) is 3.86. The molecule has 1 N–H and O–H groups in total. The molecule has 0 saturated heterocycles. The number of fused-ring (bicyclic) bond motifs is 2. The number of hydrogen-bond donors (Lipinski definition) is 1. The Kier molecular flexibility index (Phi) is 4.65. The summed E-state index contributed by atoms with van der Waals surface area (Å²) in [6.07, 6.45) is 3.66. The first kappa shape index (κ1) is 17.6. The van der Waals surface area contributed by atoms with Gasteiger partial charge in [-0.3, -0.25) is 4.79 Å². The lowest BCUT2D eigenvalue weighted by molar-refractivity contribution is -0.143. The smallest absolute Gasteiger partial charge is 0.325 e. The summed E-state index contributed by atoms with van der Waals surface area (Å²) in [6.45, 7) is 2.25. The molecule has 6 nitrogen and oxygen atoms in total. The molecule has 0 fully saturated rings. The minimum atomic E-state index is -0.295. The third-order valence-electron chi connectivity index (χ3n) is 4.49. The average Bonchev–Trinajstić information content (AvgIpc) is 3.28. The topological polar surface area (TPSA) is 83.7 Å². The highest BCUT2D eigenvalue weighted by molar-refractivity contribution is 5.98. The van der Waals surface area contributed by atoms with E-state index in [4.69, 9.17) is 4.74 Å². The maximum absolute atomic E-state index is 11.9. The standard InChI is InChI=1S/C22H18N4O2/c1-2-28-21(27)14-26-13-16(17-7-3-6-10-20(17)26)11-15(12-23)22-24-18-8-4-5-9-19(18)25-22/h3-11,13H,2,14H2,1H3,(H,24,25)/b15-11+. The molecule has 0 amide bonds. The lowest BCUT2D eigenvalue weighted by Crippen LogP contribution is -2.12. The third-order valence-corrected chi connectivity index (χ3v) is 4.49. The van der Waals surface area contributed by atoms with E-state index in [0.717, 1.165) is 27.5 Å². The summed E-state index contributed by atoms with van der Waals surface area (Å²) < 4.78 is 6.91. The number of esters is 1. The second-order valence-electron chi connectivity index (χ2n) is 6.31. The number of ether oxygens (including phenoxy) is 1. The van der Waals surface area contributed by atoms with Gasteiger partial charge < -0.3 is 14.3 Å². The van der Waals surface area contributed by atoms with Crippen LogP contribution in [-0.2, 0) is 16.1 Å². The highest BCUT2D eigenvalue weighted by Crippen LogP contribution is 2.26. The lowest BCUT2D eigenvalue weighted by Gasteiger charge is -2.04. The first-order valence-electron chi connectivity index (χ1n) is 9.00. The van der Waals surface area contributed by atoms with Crippen LogP contribution in [0.15, 0.2) is 54.7 Å². The van der Waals surface area contributed by atoms with Gasteiger partial charge in [0.1, 0.15) is 18.4 Å². The molecule has 0 bridgehead atoms. The van der Waals surface area contributed by atoms with Crippen LogP contribution in [0.3, 0.4) is 0 Å². The summed E-state index contributed by atoms with van der Waals surface area (Å²) >= 11 is 0. The Morgan fingerprint density at radius 1 is 1.25 bits per heavy atom. The van der Waals surface area contributed by atoms with Crippen LogP contribution >= 0.6 is 0 Å². The summed E-state index contributed by atoms with van der Waals surface area (Å²) in [4.78, 5) is 19.6. The van der Waals surface area contributed by atoms with Gasteiger partial charge in [0.15, 0.2) is 0 Å². The molecule has 4 aromatic rings. The van der Waals surface area contributed by atoms with E-state index >= 15 is 0 Å². The molecule has 0 aliphatic rings. The number of nitriles is 1. The minimum absolute atomic E-state index is 0.120. The molecule has 2 aromatic heterocycles. The van der Waals surface area contributed by atoms with Crippen molar-refractivity contribution in [3.05, 3.63) is 66.1 Å². The molecule has 28 heavy (non-hydrogen) atoms. The van der Waals surface area contributed by atoms with E-state index in [1.54, 1.807) is 13.0 Å². The van der Waals surface area contributed by atoms with Crippen molar-refractivity contribution in [1.82, 2.24) is 14.5 Å². The van der Waals surface area contributed by atoms with E-state index < -0.39 is 0 Å². The number of aromatic nitrogens is 3. The van der Waals surface area contributed by atoms with Gasteiger partial charge >= 0.3 is 5.97 Å². The van der Waals surface area contributed by atoms with Gasteiger partial charge in [0.05, 0.1) is 23.2 Å². The molecule has 2 heterocycles. The SMILES string of the molecule is CCOC(=O)Cn1cc(/C=C(\C#N)c2nc3ccccc3[nH]2)c2ccccc21. The number of carbonyl (C=O) groups is 1. The van der Waals surface area contributed by atoms with E-state index in [1.807, 2.05) is 59.3 Å². The van der Waals surface area contributed by atoms with Crippen LogP contribution in [0.25, 0.3) is 33.6 Å². The number of benzene rings is 2. The summed E-state index contributed by atoms with van der Waals surface area (Å²) in [5, 5.41) is 10.7. The van der Waals surface area contributed by atoms with Gasteiger partial charge in [-0.15, -0.1) is 0 Å². The number of aromatic amines is 1. The van der Waals surface area contributed by atoms with Crippen LogP contribution in [-0.4, -0.2) is 27.1 Å². The molecule has 0 unspecified atom stereocenters. The Bertz CT molecular complexity index is 1210. The molecular formula is C22H18N4O2.